The molecule has 0 fully saturated rings. The Bertz CT molecular complexity index is 2320. The summed E-state index contributed by atoms with van der Waals surface area (Å²) in [6.45, 7) is 52.2. The third-order valence-electron chi connectivity index (χ3n) is 14.1. The van der Waals surface area contributed by atoms with Gasteiger partial charge in [-0.2, -0.15) is 0 Å². The second-order valence-corrected chi connectivity index (χ2v) is 28.4. The Kier molecular flexibility index (Phi) is 14.0. The molecule has 0 aromatic heterocycles. The normalized spacial score (nSPS) is 13.8. The van der Waals surface area contributed by atoms with Crippen LogP contribution >= 0.6 is 0 Å². The highest BCUT2D eigenvalue weighted by Crippen LogP contribution is 2.53. The van der Waals surface area contributed by atoms with Crippen LogP contribution in [-0.4, -0.2) is 20.4 Å². The van der Waals surface area contributed by atoms with Gasteiger partial charge in [-0.25, -0.2) is 0 Å². The lowest BCUT2D eigenvalue weighted by Crippen LogP contribution is -2.21. The van der Waals surface area contributed by atoms with Crippen LogP contribution in [0.4, 0.5) is 0 Å². The van der Waals surface area contributed by atoms with E-state index < -0.39 is 33.5 Å². The van der Waals surface area contributed by atoms with Gasteiger partial charge in [-0.05, 0) is 99.0 Å². The summed E-state index contributed by atoms with van der Waals surface area (Å²) < 4.78 is 0. The van der Waals surface area contributed by atoms with Crippen molar-refractivity contribution in [2.24, 2.45) is 0 Å². The Labute approximate surface area is 413 Å². The van der Waals surface area contributed by atoms with Crippen molar-refractivity contribution in [2.75, 3.05) is 0 Å². The first-order chi connectivity index (χ1) is 30.5. The summed E-state index contributed by atoms with van der Waals surface area (Å²) in [4.78, 5) is 0. The Hall–Kier alpha value is -4.70. The molecule has 370 valence electrons. The molecule has 5 aromatic rings. The summed E-state index contributed by atoms with van der Waals surface area (Å²) in [5.74, 6) is -0.391. The zero-order valence-electron chi connectivity index (χ0n) is 46.9. The van der Waals surface area contributed by atoms with E-state index in [2.05, 4.69) is 239 Å². The number of hydrogen-bond donors (Lipinski definition) is 4. The van der Waals surface area contributed by atoms with Crippen LogP contribution in [0.3, 0.4) is 0 Å². The van der Waals surface area contributed by atoms with Gasteiger partial charge in [0, 0.05) is 34.1 Å². The molecule has 0 spiro atoms. The molecule has 0 atom stereocenters. The molecule has 68 heavy (non-hydrogen) atoms. The van der Waals surface area contributed by atoms with E-state index in [9.17, 15) is 20.4 Å². The van der Waals surface area contributed by atoms with Crippen molar-refractivity contribution in [2.45, 2.75) is 221 Å². The molecular formula is C64H90O4. The number of benzene rings is 5. The first-order valence-electron chi connectivity index (χ1n) is 25.1. The molecule has 4 heteroatoms. The SMILES string of the molecule is CC(C)(C)c1cc(C(c2cccc(C(c3cc(C(C)(C)C)cc(C(C)(C)C)c3O)c3cc(C(C)(C)C)cc(C(C)(C)C)c3O)c2)c2cc(C(C)(C)C)cc(C(C)(C)C)c2O)c(O)c(C(C)(C)C)c1. The van der Waals surface area contributed by atoms with Gasteiger partial charge in [0.15, 0.2) is 0 Å². The molecule has 0 saturated carbocycles. The van der Waals surface area contributed by atoms with E-state index in [0.717, 1.165) is 77.9 Å². The highest BCUT2D eigenvalue weighted by molar-refractivity contribution is 5.64. The summed E-state index contributed by atoms with van der Waals surface area (Å²) >= 11 is 0. The maximum atomic E-state index is 12.8. The quantitative estimate of drug-likeness (QED) is 0.128. The Balaban J connectivity index is 2.10. The maximum absolute atomic E-state index is 12.8. The summed E-state index contributed by atoms with van der Waals surface area (Å²) in [6.07, 6.45) is 0. The van der Waals surface area contributed by atoms with Crippen LogP contribution in [0.15, 0.2) is 72.8 Å². The number of rotatable bonds is 6. The Morgan fingerprint density at radius 1 is 0.265 bits per heavy atom. The van der Waals surface area contributed by atoms with Gasteiger partial charge >= 0.3 is 0 Å². The standard InChI is InChI=1S/C64H90O4/c1-57(2,3)39-29-43(53(65)47(33-39)61(13,14)15)51(44-30-40(58(4,5)6)34-48(54(44)66)62(16,17)18)37-26-25-27-38(28-37)52(45-31-41(59(7,8)9)35-49(55(45)67)63(19,20)21)46-32-42(60(10,11)12)36-50(56(46)68)64(22,23)24/h25-36,51-52,65-68H,1-24H3. The van der Waals surface area contributed by atoms with Crippen LogP contribution in [0.1, 0.15) is 256 Å². The first-order valence-corrected chi connectivity index (χ1v) is 25.1. The van der Waals surface area contributed by atoms with E-state index in [1.165, 1.54) is 0 Å². The number of phenols is 4. The van der Waals surface area contributed by atoms with Gasteiger partial charge in [0.25, 0.3) is 0 Å². The first kappa shape index (κ1) is 54.2. The predicted octanol–water partition coefficient (Wildman–Crippen LogP) is 17.2. The van der Waals surface area contributed by atoms with Crippen LogP contribution in [0.5, 0.6) is 23.0 Å². The molecule has 4 N–H and O–H groups in total. The lowest BCUT2D eigenvalue weighted by molar-refractivity contribution is 0.428. The molecule has 5 aromatic carbocycles. The highest BCUT2D eigenvalue weighted by Gasteiger charge is 2.37. The molecule has 0 amide bonds. The van der Waals surface area contributed by atoms with Gasteiger partial charge in [-0.3, -0.25) is 0 Å². The molecule has 0 bridgehead atoms. The second kappa shape index (κ2) is 17.6. The van der Waals surface area contributed by atoms with Gasteiger partial charge < -0.3 is 20.4 Å². The molecule has 0 aliphatic heterocycles. The van der Waals surface area contributed by atoms with E-state index in [4.69, 9.17) is 0 Å². The topological polar surface area (TPSA) is 80.9 Å². The van der Waals surface area contributed by atoms with Crippen molar-refractivity contribution in [3.05, 3.63) is 151 Å². The lowest BCUT2D eigenvalue weighted by Gasteiger charge is -2.34. The minimum atomic E-state index is -0.623. The minimum absolute atomic E-state index is 0.214. The molecule has 0 saturated heterocycles. The van der Waals surface area contributed by atoms with Crippen LogP contribution in [0, 0.1) is 0 Å². The highest BCUT2D eigenvalue weighted by atomic mass is 16.3. The predicted molar refractivity (Wildman–Crippen MR) is 290 cm³/mol. The van der Waals surface area contributed by atoms with Crippen LogP contribution in [0.25, 0.3) is 0 Å². The van der Waals surface area contributed by atoms with Gasteiger partial charge in [0.1, 0.15) is 23.0 Å². The molecule has 4 nitrogen and oxygen atoms in total. The van der Waals surface area contributed by atoms with Crippen LogP contribution in [0.2, 0.25) is 0 Å². The third-order valence-corrected chi connectivity index (χ3v) is 14.1. The van der Waals surface area contributed by atoms with E-state index in [1.807, 2.05) is 0 Å². The van der Waals surface area contributed by atoms with Crippen molar-refractivity contribution < 1.29 is 20.4 Å². The van der Waals surface area contributed by atoms with Gasteiger partial charge in [-0.1, -0.05) is 239 Å². The molecule has 0 radical (unpaired) electrons. The molecule has 5 rings (SSSR count). The lowest BCUT2D eigenvalue weighted by atomic mass is 9.71. The van der Waals surface area contributed by atoms with Crippen LogP contribution < -0.4 is 0 Å². The average molecular weight is 923 g/mol. The number of phenolic OH excluding ortho intramolecular Hbond substituents is 4. The van der Waals surface area contributed by atoms with Crippen LogP contribution in [-0.2, 0) is 43.3 Å². The van der Waals surface area contributed by atoms with E-state index in [1.54, 1.807) is 0 Å². The third kappa shape index (κ3) is 11.2. The van der Waals surface area contributed by atoms with Gasteiger partial charge in [-0.15, -0.1) is 0 Å². The number of aromatic hydroxyl groups is 4. The fourth-order valence-electron chi connectivity index (χ4n) is 9.50. The van der Waals surface area contributed by atoms with Crippen molar-refractivity contribution in [3.8, 4) is 23.0 Å². The smallest absolute Gasteiger partial charge is 0.123 e. The van der Waals surface area contributed by atoms with E-state index in [-0.39, 0.29) is 44.7 Å². The molecule has 0 heterocycles. The summed E-state index contributed by atoms with van der Waals surface area (Å²) in [5, 5.41) is 51.4. The second-order valence-electron chi connectivity index (χ2n) is 28.4. The van der Waals surface area contributed by atoms with Crippen molar-refractivity contribution in [1.82, 2.24) is 0 Å². The van der Waals surface area contributed by atoms with Gasteiger partial charge in [0.05, 0.1) is 0 Å². The summed E-state index contributed by atoms with van der Waals surface area (Å²) in [5.41, 5.74) is 9.76. The Morgan fingerprint density at radius 2 is 0.456 bits per heavy atom. The van der Waals surface area contributed by atoms with Crippen molar-refractivity contribution >= 4 is 0 Å². The Morgan fingerprint density at radius 3 is 0.618 bits per heavy atom. The van der Waals surface area contributed by atoms with Crippen molar-refractivity contribution in [1.29, 1.82) is 0 Å². The van der Waals surface area contributed by atoms with Crippen molar-refractivity contribution in [3.63, 3.8) is 0 Å². The largest absolute Gasteiger partial charge is 0.507 e. The number of hydrogen-bond acceptors (Lipinski definition) is 4. The summed E-state index contributed by atoms with van der Waals surface area (Å²) in [6, 6.07) is 25.7. The maximum Gasteiger partial charge on any atom is 0.123 e. The van der Waals surface area contributed by atoms with E-state index >= 15 is 0 Å². The molecule has 0 unspecified atom stereocenters. The fraction of sp³-hybridized carbons (Fsp3) is 0.531. The zero-order chi connectivity index (χ0) is 52.0. The van der Waals surface area contributed by atoms with Gasteiger partial charge in [0.2, 0.25) is 0 Å². The fourth-order valence-corrected chi connectivity index (χ4v) is 9.50. The molecule has 0 aliphatic carbocycles. The molecule has 0 aliphatic rings. The zero-order valence-corrected chi connectivity index (χ0v) is 46.9. The minimum Gasteiger partial charge on any atom is -0.507 e. The summed E-state index contributed by atoms with van der Waals surface area (Å²) in [7, 11) is 0. The molecular weight excluding hydrogens is 833 g/mol. The van der Waals surface area contributed by atoms with E-state index in [0.29, 0.717) is 0 Å². The monoisotopic (exact) mass is 923 g/mol. The average Bonchev–Trinajstić information content (AvgIpc) is 3.14.